The molecule has 32 heavy (non-hydrogen) atoms. The van der Waals surface area contributed by atoms with Crippen molar-refractivity contribution in [2.45, 2.75) is 24.9 Å². The zero-order chi connectivity index (χ0) is 22.6. The van der Waals surface area contributed by atoms with Gasteiger partial charge in [-0.05, 0) is 60.0 Å². The summed E-state index contributed by atoms with van der Waals surface area (Å²) in [6, 6.07) is 23.3. The van der Waals surface area contributed by atoms with Crippen LogP contribution in [-0.4, -0.2) is 15.0 Å². The molecule has 0 unspecified atom stereocenters. The van der Waals surface area contributed by atoms with E-state index in [4.69, 9.17) is 4.74 Å². The molecule has 9 heteroatoms. The van der Waals surface area contributed by atoms with Crippen molar-refractivity contribution < 1.29 is 13.2 Å². The number of hydrogen-bond donors (Lipinski definition) is 4. The van der Waals surface area contributed by atoms with E-state index in [0.29, 0.717) is 23.7 Å². The molecule has 0 aliphatic carbocycles. The van der Waals surface area contributed by atoms with Crippen LogP contribution < -0.4 is 31.0 Å². The van der Waals surface area contributed by atoms with E-state index in [1.807, 2.05) is 68.4 Å². The molecule has 0 aromatic heterocycles. The van der Waals surface area contributed by atoms with E-state index in [-0.39, 0.29) is 17.0 Å². The maximum absolute atomic E-state index is 13.5. The van der Waals surface area contributed by atoms with Crippen LogP contribution in [0, 0.1) is 5.92 Å². The van der Waals surface area contributed by atoms with Gasteiger partial charge in [-0.3, -0.25) is 4.31 Å². The third-order valence-electron chi connectivity index (χ3n) is 4.93. The molecular weight excluding hydrogens is 426 g/mol. The quantitative estimate of drug-likeness (QED) is 0.415. The Balaban J connectivity index is 1.57. The molecule has 0 atom stereocenters. The van der Waals surface area contributed by atoms with Gasteiger partial charge in [0.2, 0.25) is 0 Å². The summed E-state index contributed by atoms with van der Waals surface area (Å²) in [4.78, 5) is 0.218. The van der Waals surface area contributed by atoms with Crippen molar-refractivity contribution in [2.75, 3.05) is 10.8 Å². The monoisotopic (exact) mass is 453 g/mol. The minimum absolute atomic E-state index is 0.114. The number of hydrogen-bond acceptors (Lipinski definition) is 7. The number of benzene rings is 3. The van der Waals surface area contributed by atoms with Gasteiger partial charge in [-0.2, -0.15) is 11.1 Å². The van der Waals surface area contributed by atoms with Gasteiger partial charge >= 0.3 is 0 Å². The lowest BCUT2D eigenvalue weighted by Gasteiger charge is -2.26. The molecule has 1 fully saturated rings. The van der Waals surface area contributed by atoms with Gasteiger partial charge in [-0.1, -0.05) is 44.2 Å². The summed E-state index contributed by atoms with van der Waals surface area (Å²) in [6.45, 7) is 4.36. The Bertz CT molecular complexity index is 1110. The number of rotatable bonds is 8. The normalized spacial score (nSPS) is 14.6. The van der Waals surface area contributed by atoms with Gasteiger partial charge in [0.25, 0.3) is 10.0 Å². The molecule has 0 bridgehead atoms. The standard InChI is InChI=1S/C23H27N5O3S/c1-17(2)16-28(19-10-8-18(9-11-19)23-24-26-27-25-23)32(29,30)22-14-12-21(13-15-22)31-20-6-4-3-5-7-20/h3-15,17,23-27H,16H2,1-2H3. The Morgan fingerprint density at radius 3 is 2.03 bits per heavy atom. The minimum atomic E-state index is -3.75. The molecule has 0 amide bonds. The highest BCUT2D eigenvalue weighted by Crippen LogP contribution is 2.28. The largest absolute Gasteiger partial charge is 0.457 e. The summed E-state index contributed by atoms with van der Waals surface area (Å²) in [5, 5.41) is 0. The van der Waals surface area contributed by atoms with Crippen molar-refractivity contribution in [1.29, 1.82) is 0 Å². The van der Waals surface area contributed by atoms with E-state index in [0.717, 1.165) is 5.56 Å². The van der Waals surface area contributed by atoms with Crippen LogP contribution in [0.15, 0.2) is 83.8 Å². The topological polar surface area (TPSA) is 94.7 Å². The SMILES string of the molecule is CC(C)CN(c1ccc(C2NNNN2)cc1)S(=O)(=O)c1ccc(Oc2ccccc2)cc1. The van der Waals surface area contributed by atoms with Crippen molar-refractivity contribution in [1.82, 2.24) is 21.9 Å². The van der Waals surface area contributed by atoms with E-state index >= 15 is 0 Å². The first-order valence-corrected chi connectivity index (χ1v) is 11.8. The van der Waals surface area contributed by atoms with Crippen LogP contribution in [0.25, 0.3) is 0 Å². The van der Waals surface area contributed by atoms with Gasteiger partial charge in [-0.15, -0.1) is 0 Å². The van der Waals surface area contributed by atoms with Crippen LogP contribution in [0.4, 0.5) is 5.69 Å². The van der Waals surface area contributed by atoms with Crippen molar-refractivity contribution in [3.63, 3.8) is 0 Å². The minimum Gasteiger partial charge on any atom is -0.457 e. The lowest BCUT2D eigenvalue weighted by Crippen LogP contribution is -2.34. The molecule has 1 saturated heterocycles. The molecule has 4 N–H and O–H groups in total. The number of ether oxygens (including phenoxy) is 1. The molecule has 3 aromatic rings. The number of sulfonamides is 1. The third kappa shape index (κ3) is 5.09. The average molecular weight is 454 g/mol. The van der Waals surface area contributed by atoms with Gasteiger partial charge in [0.1, 0.15) is 17.7 Å². The van der Waals surface area contributed by atoms with Crippen molar-refractivity contribution >= 4 is 15.7 Å². The second-order valence-corrected chi connectivity index (χ2v) is 9.74. The molecular formula is C23H27N5O3S. The fourth-order valence-electron chi connectivity index (χ4n) is 3.36. The summed E-state index contributed by atoms with van der Waals surface area (Å²) in [5.74, 6) is 1.42. The predicted molar refractivity (Wildman–Crippen MR) is 124 cm³/mol. The molecule has 1 aliphatic rings. The molecule has 168 valence electrons. The van der Waals surface area contributed by atoms with Crippen LogP contribution in [0.2, 0.25) is 0 Å². The second-order valence-electron chi connectivity index (χ2n) is 7.88. The fraction of sp³-hybridized carbons (Fsp3) is 0.217. The molecule has 0 spiro atoms. The van der Waals surface area contributed by atoms with Crippen LogP contribution in [-0.2, 0) is 10.0 Å². The molecule has 4 rings (SSSR count). The first-order valence-electron chi connectivity index (χ1n) is 10.4. The van der Waals surface area contributed by atoms with Gasteiger partial charge in [0.15, 0.2) is 0 Å². The van der Waals surface area contributed by atoms with E-state index in [9.17, 15) is 8.42 Å². The van der Waals surface area contributed by atoms with Gasteiger partial charge in [0, 0.05) is 6.54 Å². The first-order chi connectivity index (χ1) is 15.4. The summed E-state index contributed by atoms with van der Waals surface area (Å²) >= 11 is 0. The number of hydrazine groups is 3. The lowest BCUT2D eigenvalue weighted by atomic mass is 10.1. The summed E-state index contributed by atoms with van der Waals surface area (Å²) in [5.41, 5.74) is 13.2. The molecule has 1 aliphatic heterocycles. The molecule has 0 saturated carbocycles. The van der Waals surface area contributed by atoms with Gasteiger partial charge in [0.05, 0.1) is 10.6 Å². The Labute approximate surface area is 188 Å². The third-order valence-corrected chi connectivity index (χ3v) is 6.74. The Morgan fingerprint density at radius 1 is 0.844 bits per heavy atom. The highest BCUT2D eigenvalue weighted by atomic mass is 32.2. The fourth-order valence-corrected chi connectivity index (χ4v) is 4.99. The maximum Gasteiger partial charge on any atom is 0.264 e. The Kier molecular flexibility index (Phi) is 6.73. The van der Waals surface area contributed by atoms with E-state index < -0.39 is 10.0 Å². The first kappa shape index (κ1) is 22.3. The maximum atomic E-state index is 13.5. The second kappa shape index (κ2) is 9.68. The van der Waals surface area contributed by atoms with Crippen LogP contribution in [0.5, 0.6) is 11.5 Å². The zero-order valence-electron chi connectivity index (χ0n) is 17.9. The van der Waals surface area contributed by atoms with Gasteiger partial charge < -0.3 is 4.74 Å². The summed E-state index contributed by atoms with van der Waals surface area (Å²) < 4.78 is 34.3. The van der Waals surface area contributed by atoms with E-state index in [2.05, 4.69) is 21.9 Å². The zero-order valence-corrected chi connectivity index (χ0v) is 18.8. The Hall–Kier alpha value is -2.95. The van der Waals surface area contributed by atoms with Crippen molar-refractivity contribution in [3.8, 4) is 11.5 Å². The van der Waals surface area contributed by atoms with Crippen LogP contribution in [0.3, 0.4) is 0 Å². The van der Waals surface area contributed by atoms with Crippen molar-refractivity contribution in [2.24, 2.45) is 5.92 Å². The van der Waals surface area contributed by atoms with Crippen molar-refractivity contribution in [3.05, 3.63) is 84.4 Å². The number of nitrogens with one attached hydrogen (secondary N) is 4. The highest BCUT2D eigenvalue weighted by molar-refractivity contribution is 7.92. The number of nitrogens with zero attached hydrogens (tertiary/aromatic N) is 1. The van der Waals surface area contributed by atoms with Crippen LogP contribution >= 0.6 is 0 Å². The number of anilines is 1. The molecule has 1 heterocycles. The van der Waals surface area contributed by atoms with E-state index in [1.54, 1.807) is 24.3 Å². The molecule has 3 aromatic carbocycles. The van der Waals surface area contributed by atoms with E-state index in [1.165, 1.54) is 4.31 Å². The smallest absolute Gasteiger partial charge is 0.264 e. The van der Waals surface area contributed by atoms with Gasteiger partial charge in [-0.25, -0.2) is 19.3 Å². The molecule has 8 nitrogen and oxygen atoms in total. The van der Waals surface area contributed by atoms with Crippen LogP contribution in [0.1, 0.15) is 25.6 Å². The Morgan fingerprint density at radius 2 is 1.44 bits per heavy atom. The average Bonchev–Trinajstić information content (AvgIpc) is 3.34. The highest BCUT2D eigenvalue weighted by Gasteiger charge is 2.26. The summed E-state index contributed by atoms with van der Waals surface area (Å²) in [6.07, 6.45) is -0.114. The molecule has 0 radical (unpaired) electrons. The lowest BCUT2D eigenvalue weighted by molar-refractivity contribution is 0.482. The number of para-hydroxylation sites is 1. The summed E-state index contributed by atoms with van der Waals surface area (Å²) in [7, 11) is -3.75. The predicted octanol–water partition coefficient (Wildman–Crippen LogP) is 3.45.